The molecular formula is C20H28N2O3. The monoisotopic (exact) mass is 344 g/mol. The molecule has 0 aromatic heterocycles. The fraction of sp³-hybridized carbons (Fsp3) is 0.600. The van der Waals surface area contributed by atoms with E-state index >= 15 is 0 Å². The maximum atomic E-state index is 12.7. The molecule has 2 aliphatic heterocycles. The number of nitrogens with zero attached hydrogens (tertiary/aromatic N) is 2. The topological polar surface area (TPSA) is 49.9 Å². The molecule has 1 aromatic rings. The second kappa shape index (κ2) is 8.88. The standard InChI is InChI=1S/C20H28N2O3/c23-19(16-25-18-8-4-3-5-9-18)21-14-10-17(11-15-21)20(24)22-12-6-1-2-7-13-22/h3-5,8-9,17H,1-2,6-7,10-16H2. The van der Waals surface area contributed by atoms with Gasteiger partial charge in [-0.2, -0.15) is 0 Å². The van der Waals surface area contributed by atoms with E-state index in [-0.39, 0.29) is 18.4 Å². The third-order valence-corrected chi connectivity index (χ3v) is 5.22. The van der Waals surface area contributed by atoms with Crippen LogP contribution in [-0.2, 0) is 9.59 Å². The summed E-state index contributed by atoms with van der Waals surface area (Å²) in [6.07, 6.45) is 6.26. The molecule has 2 saturated heterocycles. The number of carbonyl (C=O) groups is 2. The molecule has 2 aliphatic rings. The molecule has 2 amide bonds. The number of hydrogen-bond acceptors (Lipinski definition) is 3. The summed E-state index contributed by atoms with van der Waals surface area (Å²) in [6.45, 7) is 3.18. The fourth-order valence-electron chi connectivity index (χ4n) is 3.68. The van der Waals surface area contributed by atoms with Gasteiger partial charge in [-0.3, -0.25) is 9.59 Å². The van der Waals surface area contributed by atoms with Crippen LogP contribution in [0.5, 0.6) is 5.75 Å². The van der Waals surface area contributed by atoms with E-state index in [9.17, 15) is 9.59 Å². The maximum absolute atomic E-state index is 12.7. The third-order valence-electron chi connectivity index (χ3n) is 5.22. The van der Waals surface area contributed by atoms with E-state index < -0.39 is 0 Å². The van der Waals surface area contributed by atoms with Gasteiger partial charge in [0.2, 0.25) is 5.91 Å². The number of ether oxygens (including phenoxy) is 1. The maximum Gasteiger partial charge on any atom is 0.260 e. The molecule has 0 saturated carbocycles. The van der Waals surface area contributed by atoms with Crippen LogP contribution in [0.2, 0.25) is 0 Å². The summed E-state index contributed by atoms with van der Waals surface area (Å²) in [5, 5.41) is 0. The fourth-order valence-corrected chi connectivity index (χ4v) is 3.68. The van der Waals surface area contributed by atoms with Gasteiger partial charge < -0.3 is 14.5 Å². The highest BCUT2D eigenvalue weighted by Crippen LogP contribution is 2.22. The Labute approximate surface area is 149 Å². The van der Waals surface area contributed by atoms with Gasteiger partial charge in [-0.05, 0) is 37.8 Å². The van der Waals surface area contributed by atoms with Crippen molar-refractivity contribution in [2.75, 3.05) is 32.8 Å². The zero-order valence-corrected chi connectivity index (χ0v) is 14.9. The normalized spacial score (nSPS) is 19.4. The van der Waals surface area contributed by atoms with E-state index in [2.05, 4.69) is 0 Å². The lowest BCUT2D eigenvalue weighted by molar-refractivity contribution is -0.141. The Bertz CT molecular complexity index is 560. The summed E-state index contributed by atoms with van der Waals surface area (Å²) in [7, 11) is 0. The van der Waals surface area contributed by atoms with Gasteiger partial charge in [-0.1, -0.05) is 31.0 Å². The summed E-state index contributed by atoms with van der Waals surface area (Å²) >= 11 is 0. The average molecular weight is 344 g/mol. The quantitative estimate of drug-likeness (QED) is 0.844. The van der Waals surface area contributed by atoms with Gasteiger partial charge in [0.25, 0.3) is 5.91 Å². The Hall–Kier alpha value is -2.04. The van der Waals surface area contributed by atoms with Crippen LogP contribution in [0.15, 0.2) is 30.3 Å². The van der Waals surface area contributed by atoms with Crippen molar-refractivity contribution in [2.45, 2.75) is 38.5 Å². The zero-order valence-electron chi connectivity index (χ0n) is 14.9. The molecule has 0 spiro atoms. The smallest absolute Gasteiger partial charge is 0.260 e. The number of piperidine rings is 1. The van der Waals surface area contributed by atoms with Crippen LogP contribution < -0.4 is 4.74 Å². The number of hydrogen-bond donors (Lipinski definition) is 0. The summed E-state index contributed by atoms with van der Waals surface area (Å²) in [6, 6.07) is 9.39. The van der Waals surface area contributed by atoms with E-state index in [4.69, 9.17) is 4.74 Å². The second-order valence-electron chi connectivity index (χ2n) is 7.00. The molecule has 25 heavy (non-hydrogen) atoms. The predicted octanol–water partition coefficient (Wildman–Crippen LogP) is 2.71. The van der Waals surface area contributed by atoms with Crippen molar-refractivity contribution in [3.05, 3.63) is 30.3 Å². The van der Waals surface area contributed by atoms with Gasteiger partial charge in [0, 0.05) is 32.1 Å². The van der Waals surface area contributed by atoms with E-state index in [0.717, 1.165) is 38.8 Å². The lowest BCUT2D eigenvalue weighted by Crippen LogP contribution is -2.45. The van der Waals surface area contributed by atoms with Crippen molar-refractivity contribution in [3.63, 3.8) is 0 Å². The van der Waals surface area contributed by atoms with Crippen LogP contribution >= 0.6 is 0 Å². The number of likely N-dealkylation sites (tertiary alicyclic amines) is 2. The van der Waals surface area contributed by atoms with Crippen LogP contribution in [0.1, 0.15) is 38.5 Å². The molecule has 0 radical (unpaired) electrons. The van der Waals surface area contributed by atoms with Crippen molar-refractivity contribution >= 4 is 11.8 Å². The molecule has 2 fully saturated rings. The molecule has 0 bridgehead atoms. The molecule has 0 unspecified atom stereocenters. The molecule has 2 heterocycles. The number of rotatable bonds is 4. The summed E-state index contributed by atoms with van der Waals surface area (Å²) in [5.74, 6) is 1.10. The Morgan fingerprint density at radius 3 is 2.16 bits per heavy atom. The van der Waals surface area contributed by atoms with Crippen molar-refractivity contribution in [3.8, 4) is 5.75 Å². The summed E-state index contributed by atoms with van der Waals surface area (Å²) in [4.78, 5) is 28.9. The molecule has 1 aromatic carbocycles. The highest BCUT2D eigenvalue weighted by Gasteiger charge is 2.30. The van der Waals surface area contributed by atoms with Gasteiger partial charge in [-0.25, -0.2) is 0 Å². The Kier molecular flexibility index (Phi) is 6.31. The lowest BCUT2D eigenvalue weighted by atomic mass is 9.95. The molecule has 3 rings (SSSR count). The van der Waals surface area contributed by atoms with E-state index in [1.807, 2.05) is 40.1 Å². The first-order chi connectivity index (χ1) is 12.2. The highest BCUT2D eigenvalue weighted by molar-refractivity contribution is 5.80. The van der Waals surface area contributed by atoms with Crippen molar-refractivity contribution in [1.29, 1.82) is 0 Å². The zero-order chi connectivity index (χ0) is 17.5. The van der Waals surface area contributed by atoms with Gasteiger partial charge in [0.05, 0.1) is 0 Å². The van der Waals surface area contributed by atoms with Crippen LogP contribution in [-0.4, -0.2) is 54.4 Å². The van der Waals surface area contributed by atoms with Gasteiger partial charge >= 0.3 is 0 Å². The van der Waals surface area contributed by atoms with Gasteiger partial charge in [-0.15, -0.1) is 0 Å². The van der Waals surface area contributed by atoms with E-state index in [0.29, 0.717) is 24.7 Å². The highest BCUT2D eigenvalue weighted by atomic mass is 16.5. The minimum absolute atomic E-state index is 0.00419. The molecule has 5 heteroatoms. The van der Waals surface area contributed by atoms with E-state index in [1.165, 1.54) is 12.8 Å². The first-order valence-corrected chi connectivity index (χ1v) is 9.48. The summed E-state index contributed by atoms with van der Waals surface area (Å²) < 4.78 is 5.54. The average Bonchev–Trinajstić information content (AvgIpc) is 2.96. The van der Waals surface area contributed by atoms with E-state index in [1.54, 1.807) is 0 Å². The first kappa shape index (κ1) is 17.8. The number of carbonyl (C=O) groups excluding carboxylic acids is 2. The SMILES string of the molecule is O=C(COc1ccccc1)N1CCC(C(=O)N2CCCCCC2)CC1. The van der Waals surface area contributed by atoms with Crippen LogP contribution in [0.25, 0.3) is 0 Å². The number of benzene rings is 1. The second-order valence-corrected chi connectivity index (χ2v) is 7.00. The summed E-state index contributed by atoms with van der Waals surface area (Å²) in [5.41, 5.74) is 0. The largest absolute Gasteiger partial charge is 0.484 e. The number of amides is 2. The van der Waals surface area contributed by atoms with Crippen LogP contribution in [0.3, 0.4) is 0 Å². The van der Waals surface area contributed by atoms with Crippen molar-refractivity contribution in [2.24, 2.45) is 5.92 Å². The Morgan fingerprint density at radius 1 is 0.880 bits per heavy atom. The number of para-hydroxylation sites is 1. The molecule has 0 N–H and O–H groups in total. The lowest BCUT2D eigenvalue weighted by Gasteiger charge is -2.34. The van der Waals surface area contributed by atoms with Crippen molar-refractivity contribution < 1.29 is 14.3 Å². The Morgan fingerprint density at radius 2 is 1.52 bits per heavy atom. The molecule has 136 valence electrons. The van der Waals surface area contributed by atoms with Gasteiger partial charge in [0.15, 0.2) is 6.61 Å². The minimum Gasteiger partial charge on any atom is -0.484 e. The van der Waals surface area contributed by atoms with Crippen LogP contribution in [0.4, 0.5) is 0 Å². The third kappa shape index (κ3) is 4.97. The predicted molar refractivity (Wildman–Crippen MR) is 96.3 cm³/mol. The van der Waals surface area contributed by atoms with Crippen LogP contribution in [0, 0.1) is 5.92 Å². The first-order valence-electron chi connectivity index (χ1n) is 9.48. The molecule has 5 nitrogen and oxygen atoms in total. The van der Waals surface area contributed by atoms with Crippen molar-refractivity contribution in [1.82, 2.24) is 9.80 Å². The molecule has 0 aliphatic carbocycles. The van der Waals surface area contributed by atoms with Gasteiger partial charge in [0.1, 0.15) is 5.75 Å². The molecular weight excluding hydrogens is 316 g/mol. The minimum atomic E-state index is 0.00419. The Balaban J connectivity index is 1.43. The molecule has 0 atom stereocenters.